The van der Waals surface area contributed by atoms with E-state index in [0.717, 1.165) is 11.1 Å². The first kappa shape index (κ1) is 18.2. The normalized spacial score (nSPS) is 16.7. The molecule has 0 unspecified atom stereocenters. The van der Waals surface area contributed by atoms with Crippen molar-refractivity contribution in [1.82, 2.24) is 14.5 Å². The van der Waals surface area contributed by atoms with Crippen LogP contribution in [0.15, 0.2) is 23.1 Å². The summed E-state index contributed by atoms with van der Waals surface area (Å²) in [6.07, 6.45) is 0. The first-order valence-electron chi connectivity index (χ1n) is 7.84. The average molecular weight is 356 g/mol. The summed E-state index contributed by atoms with van der Waals surface area (Å²) >= 11 is 5.36. The Morgan fingerprint density at radius 2 is 1.78 bits per heavy atom. The van der Waals surface area contributed by atoms with Crippen LogP contribution in [0.1, 0.15) is 25.0 Å². The lowest BCUT2D eigenvalue weighted by Crippen LogP contribution is -2.53. The molecule has 0 amide bonds. The number of aryl methyl sites for hydroxylation is 2. The van der Waals surface area contributed by atoms with Crippen LogP contribution < -0.4 is 5.32 Å². The van der Waals surface area contributed by atoms with Crippen molar-refractivity contribution in [2.75, 3.05) is 26.2 Å². The first-order chi connectivity index (χ1) is 10.7. The summed E-state index contributed by atoms with van der Waals surface area (Å²) in [6, 6.07) is 5.82. The lowest BCUT2D eigenvalue weighted by Gasteiger charge is -2.36. The van der Waals surface area contributed by atoms with Crippen molar-refractivity contribution >= 4 is 27.4 Å². The van der Waals surface area contributed by atoms with Crippen LogP contribution in [-0.4, -0.2) is 55.0 Å². The molecule has 0 saturated carbocycles. The van der Waals surface area contributed by atoms with Gasteiger partial charge in [-0.15, -0.1) is 0 Å². The molecule has 128 valence electrons. The van der Waals surface area contributed by atoms with Crippen LogP contribution >= 0.6 is 12.2 Å². The van der Waals surface area contributed by atoms with Crippen molar-refractivity contribution in [2.24, 2.45) is 0 Å². The number of rotatable bonds is 3. The zero-order valence-corrected chi connectivity index (χ0v) is 15.8. The summed E-state index contributed by atoms with van der Waals surface area (Å²) in [4.78, 5) is 2.44. The molecule has 7 heteroatoms. The first-order valence-corrected chi connectivity index (χ1v) is 9.69. The number of sulfonamides is 1. The lowest BCUT2D eigenvalue weighted by atomic mass is 10.2. The maximum atomic E-state index is 12.9. The Hall–Kier alpha value is -1.18. The summed E-state index contributed by atoms with van der Waals surface area (Å²) in [6.45, 7) is 9.95. The van der Waals surface area contributed by atoms with Gasteiger partial charge in [-0.1, -0.05) is 12.1 Å². The van der Waals surface area contributed by atoms with Gasteiger partial charge in [0.15, 0.2) is 5.11 Å². The molecule has 1 aromatic carbocycles. The van der Waals surface area contributed by atoms with Crippen molar-refractivity contribution in [3.05, 3.63) is 29.3 Å². The predicted octanol–water partition coefficient (Wildman–Crippen LogP) is 1.89. The van der Waals surface area contributed by atoms with Gasteiger partial charge >= 0.3 is 0 Å². The monoisotopic (exact) mass is 355 g/mol. The van der Waals surface area contributed by atoms with Crippen LogP contribution in [0.4, 0.5) is 0 Å². The third kappa shape index (κ3) is 4.22. The van der Waals surface area contributed by atoms with E-state index in [9.17, 15) is 8.42 Å². The summed E-state index contributed by atoms with van der Waals surface area (Å²) in [7, 11) is -3.44. The minimum atomic E-state index is -3.44. The molecular formula is C16H25N3O2S2. The van der Waals surface area contributed by atoms with E-state index in [2.05, 4.69) is 5.32 Å². The molecule has 1 aliphatic heterocycles. The Morgan fingerprint density at radius 1 is 1.17 bits per heavy atom. The highest BCUT2D eigenvalue weighted by atomic mass is 32.2. The molecular weight excluding hydrogens is 330 g/mol. The number of thiocarbonyl (C=S) groups is 1. The molecule has 1 saturated heterocycles. The third-order valence-corrected chi connectivity index (χ3v) is 6.32. The fourth-order valence-corrected chi connectivity index (χ4v) is 4.74. The standard InChI is InChI=1S/C16H25N3O2S2/c1-12(2)17-16(22)18-7-9-19(10-8-18)23(20,21)15-11-13(3)5-6-14(15)4/h5-6,11-12H,7-10H2,1-4H3,(H,17,22). The van der Waals surface area contributed by atoms with Gasteiger partial charge in [0.1, 0.15) is 0 Å². The van der Waals surface area contributed by atoms with Crippen molar-refractivity contribution in [3.63, 3.8) is 0 Å². The fraction of sp³-hybridized carbons (Fsp3) is 0.562. The SMILES string of the molecule is Cc1ccc(C)c(S(=O)(=O)N2CCN(C(=S)NC(C)C)CC2)c1. The van der Waals surface area contributed by atoms with E-state index in [0.29, 0.717) is 36.2 Å². The predicted molar refractivity (Wildman–Crippen MR) is 97.1 cm³/mol. The molecule has 0 spiro atoms. The van der Waals surface area contributed by atoms with Gasteiger partial charge in [-0.25, -0.2) is 8.42 Å². The van der Waals surface area contributed by atoms with E-state index in [-0.39, 0.29) is 6.04 Å². The molecule has 5 nitrogen and oxygen atoms in total. The Bertz CT molecular complexity index is 679. The molecule has 0 bridgehead atoms. The molecule has 1 heterocycles. The average Bonchev–Trinajstić information content (AvgIpc) is 2.49. The highest BCUT2D eigenvalue weighted by Crippen LogP contribution is 2.22. The van der Waals surface area contributed by atoms with Gasteiger partial charge < -0.3 is 10.2 Å². The molecule has 2 rings (SSSR count). The summed E-state index contributed by atoms with van der Waals surface area (Å²) in [5.41, 5.74) is 1.74. The summed E-state index contributed by atoms with van der Waals surface area (Å²) in [5.74, 6) is 0. The maximum Gasteiger partial charge on any atom is 0.243 e. The van der Waals surface area contributed by atoms with Crippen LogP contribution in [0.25, 0.3) is 0 Å². The maximum absolute atomic E-state index is 12.9. The van der Waals surface area contributed by atoms with Crippen LogP contribution in [0.5, 0.6) is 0 Å². The van der Waals surface area contributed by atoms with Crippen LogP contribution in [0.2, 0.25) is 0 Å². The van der Waals surface area contributed by atoms with Gasteiger partial charge in [-0.3, -0.25) is 0 Å². The second-order valence-electron chi connectivity index (χ2n) is 6.26. The van der Waals surface area contributed by atoms with Gasteiger partial charge in [0.25, 0.3) is 0 Å². The molecule has 1 fully saturated rings. The van der Waals surface area contributed by atoms with E-state index in [1.165, 1.54) is 0 Å². The molecule has 1 aromatic rings. The van der Waals surface area contributed by atoms with Gasteiger partial charge in [-0.05, 0) is 57.1 Å². The van der Waals surface area contributed by atoms with E-state index in [4.69, 9.17) is 12.2 Å². The second kappa shape index (κ2) is 7.15. The zero-order valence-electron chi connectivity index (χ0n) is 14.2. The third-order valence-electron chi connectivity index (χ3n) is 3.90. The minimum Gasteiger partial charge on any atom is -0.360 e. The molecule has 1 aliphatic rings. The van der Waals surface area contributed by atoms with Crippen molar-refractivity contribution in [2.45, 2.75) is 38.6 Å². The Kier molecular flexibility index (Phi) is 5.65. The smallest absolute Gasteiger partial charge is 0.243 e. The highest BCUT2D eigenvalue weighted by molar-refractivity contribution is 7.89. The Labute approximate surface area is 144 Å². The lowest BCUT2D eigenvalue weighted by molar-refractivity contribution is 0.263. The topological polar surface area (TPSA) is 52.7 Å². The number of hydrogen-bond donors (Lipinski definition) is 1. The molecule has 23 heavy (non-hydrogen) atoms. The van der Waals surface area contributed by atoms with Crippen molar-refractivity contribution < 1.29 is 8.42 Å². The van der Waals surface area contributed by atoms with E-state index >= 15 is 0 Å². The number of hydrogen-bond acceptors (Lipinski definition) is 3. The van der Waals surface area contributed by atoms with Crippen molar-refractivity contribution in [1.29, 1.82) is 0 Å². The van der Waals surface area contributed by atoms with E-state index < -0.39 is 10.0 Å². The molecule has 0 atom stereocenters. The second-order valence-corrected chi connectivity index (χ2v) is 8.56. The zero-order chi connectivity index (χ0) is 17.2. The van der Waals surface area contributed by atoms with Gasteiger partial charge in [0, 0.05) is 32.2 Å². The molecule has 0 aromatic heterocycles. The Balaban J connectivity index is 2.10. The largest absolute Gasteiger partial charge is 0.360 e. The van der Waals surface area contributed by atoms with E-state index in [1.807, 2.05) is 44.7 Å². The van der Waals surface area contributed by atoms with Gasteiger partial charge in [0.2, 0.25) is 10.0 Å². The molecule has 0 aliphatic carbocycles. The van der Waals surface area contributed by atoms with Crippen LogP contribution in [0.3, 0.4) is 0 Å². The number of piperazine rings is 1. The number of benzene rings is 1. The number of nitrogens with zero attached hydrogens (tertiary/aromatic N) is 2. The Morgan fingerprint density at radius 3 is 2.35 bits per heavy atom. The van der Waals surface area contributed by atoms with Crippen LogP contribution in [0, 0.1) is 13.8 Å². The van der Waals surface area contributed by atoms with E-state index in [1.54, 1.807) is 10.4 Å². The minimum absolute atomic E-state index is 0.277. The number of nitrogens with one attached hydrogen (secondary N) is 1. The van der Waals surface area contributed by atoms with Crippen molar-refractivity contribution in [3.8, 4) is 0 Å². The van der Waals surface area contributed by atoms with Crippen LogP contribution in [-0.2, 0) is 10.0 Å². The summed E-state index contributed by atoms with van der Waals surface area (Å²) < 4.78 is 27.3. The quantitative estimate of drug-likeness (QED) is 0.839. The van der Waals surface area contributed by atoms with Gasteiger partial charge in [0.05, 0.1) is 4.90 Å². The summed E-state index contributed by atoms with van der Waals surface area (Å²) in [5, 5.41) is 3.90. The molecule has 1 N–H and O–H groups in total. The molecule has 0 radical (unpaired) electrons. The fourth-order valence-electron chi connectivity index (χ4n) is 2.59. The highest BCUT2D eigenvalue weighted by Gasteiger charge is 2.30. The van der Waals surface area contributed by atoms with Gasteiger partial charge in [-0.2, -0.15) is 4.31 Å².